The van der Waals surface area contributed by atoms with Gasteiger partial charge in [-0.2, -0.15) is 0 Å². The van der Waals surface area contributed by atoms with E-state index >= 15 is 0 Å². The number of hydrogen-bond acceptors (Lipinski definition) is 4. The lowest BCUT2D eigenvalue weighted by Gasteiger charge is -2.30. The van der Waals surface area contributed by atoms with Crippen molar-refractivity contribution >= 4 is 17.2 Å². The maximum absolute atomic E-state index is 12.6. The van der Waals surface area contributed by atoms with Crippen molar-refractivity contribution in [3.8, 4) is 0 Å². The van der Waals surface area contributed by atoms with Crippen LogP contribution in [-0.4, -0.2) is 10.7 Å². The molecule has 2 aromatic carbocycles. The summed E-state index contributed by atoms with van der Waals surface area (Å²) in [7, 11) is 0. The molecule has 0 bridgehead atoms. The van der Waals surface area contributed by atoms with E-state index in [4.69, 9.17) is 4.74 Å². The summed E-state index contributed by atoms with van der Waals surface area (Å²) in [6, 6.07) is 16.2. The van der Waals surface area contributed by atoms with E-state index < -0.39 is 10.8 Å². The minimum Gasteiger partial charge on any atom is -0.461 e. The fourth-order valence-electron chi connectivity index (χ4n) is 3.61. The largest absolute Gasteiger partial charge is 0.461 e. The van der Waals surface area contributed by atoms with Gasteiger partial charge in [-0.3, -0.25) is 14.9 Å². The molecule has 1 atom stereocenters. The molecule has 1 unspecified atom stereocenters. The smallest absolute Gasteiger partial charge is 0.273 e. The van der Waals surface area contributed by atoms with Crippen LogP contribution in [0.25, 0.3) is 5.76 Å². The molecule has 0 aromatic heterocycles. The van der Waals surface area contributed by atoms with Crippen LogP contribution in [0.5, 0.6) is 0 Å². The number of allylic oxidation sites excluding steroid dienone is 3. The second kappa shape index (κ2) is 6.59. The zero-order valence-electron chi connectivity index (χ0n) is 14.1. The van der Waals surface area contributed by atoms with Crippen molar-refractivity contribution in [2.24, 2.45) is 0 Å². The Morgan fingerprint density at radius 1 is 1.00 bits per heavy atom. The van der Waals surface area contributed by atoms with Crippen LogP contribution in [-0.2, 0) is 9.53 Å². The molecule has 130 valence electrons. The second-order valence-electron chi connectivity index (χ2n) is 6.41. The number of nitro groups is 1. The number of rotatable bonds is 3. The maximum atomic E-state index is 12.6. The first-order valence-electron chi connectivity index (χ1n) is 8.60. The number of carbonyl (C=O) groups is 1. The first-order chi connectivity index (χ1) is 12.6. The second-order valence-corrected chi connectivity index (χ2v) is 6.41. The third-order valence-corrected chi connectivity index (χ3v) is 4.80. The van der Waals surface area contributed by atoms with Gasteiger partial charge in [-0.25, -0.2) is 0 Å². The standard InChI is InChI=1S/C21H17NO4/c23-18-11-6-12-19-21(18)16(15-9-4-5-10-17(15)22(24)25)13-20(26-19)14-7-2-1-3-8-14/h1-5,7-10,13,16H,6,11-12H2. The molecule has 0 saturated carbocycles. The molecule has 1 aliphatic carbocycles. The normalized spacial score (nSPS) is 19.5. The van der Waals surface area contributed by atoms with E-state index in [2.05, 4.69) is 0 Å². The number of para-hydroxylation sites is 1. The predicted octanol–water partition coefficient (Wildman–Crippen LogP) is 4.76. The fourth-order valence-corrected chi connectivity index (χ4v) is 3.61. The lowest BCUT2D eigenvalue weighted by molar-refractivity contribution is -0.385. The number of hydrogen-bond donors (Lipinski definition) is 0. The van der Waals surface area contributed by atoms with Gasteiger partial charge in [-0.1, -0.05) is 48.5 Å². The Balaban J connectivity index is 1.89. The number of nitrogens with zero attached hydrogens (tertiary/aromatic N) is 1. The molecule has 0 saturated heterocycles. The van der Waals surface area contributed by atoms with Gasteiger partial charge < -0.3 is 4.74 Å². The van der Waals surface area contributed by atoms with Gasteiger partial charge in [0.05, 0.1) is 4.92 Å². The summed E-state index contributed by atoms with van der Waals surface area (Å²) in [5, 5.41) is 11.5. The summed E-state index contributed by atoms with van der Waals surface area (Å²) < 4.78 is 6.05. The number of Topliss-reactive ketones (excluding diaryl/α,β-unsaturated/α-hetero) is 1. The molecule has 0 amide bonds. The van der Waals surface area contributed by atoms with Crippen molar-refractivity contribution < 1.29 is 14.5 Å². The van der Waals surface area contributed by atoms with Gasteiger partial charge >= 0.3 is 0 Å². The monoisotopic (exact) mass is 347 g/mol. The minimum absolute atomic E-state index is 0.0118. The summed E-state index contributed by atoms with van der Waals surface area (Å²) in [6.45, 7) is 0. The molecule has 4 rings (SSSR count). The van der Waals surface area contributed by atoms with Gasteiger partial charge in [0.15, 0.2) is 5.78 Å². The van der Waals surface area contributed by atoms with Crippen molar-refractivity contribution in [3.63, 3.8) is 0 Å². The molecule has 2 aliphatic rings. The average molecular weight is 347 g/mol. The third-order valence-electron chi connectivity index (χ3n) is 4.80. The summed E-state index contributed by atoms with van der Waals surface area (Å²) in [5.41, 5.74) is 2.00. The molecule has 1 aliphatic heterocycles. The Hall–Kier alpha value is -3.21. The molecule has 0 N–H and O–H groups in total. The first kappa shape index (κ1) is 16.3. The van der Waals surface area contributed by atoms with Gasteiger partial charge in [-0.15, -0.1) is 0 Å². The summed E-state index contributed by atoms with van der Waals surface area (Å²) >= 11 is 0. The van der Waals surface area contributed by atoms with E-state index in [0.29, 0.717) is 35.5 Å². The SMILES string of the molecule is O=C1CCCC2=C1C(c1ccccc1[N+](=O)[O-])C=C(c1ccccc1)O2. The Labute approximate surface area is 150 Å². The molecule has 0 radical (unpaired) electrons. The lowest BCUT2D eigenvalue weighted by atomic mass is 9.80. The van der Waals surface area contributed by atoms with Crippen LogP contribution >= 0.6 is 0 Å². The van der Waals surface area contributed by atoms with Crippen LogP contribution in [0.2, 0.25) is 0 Å². The number of carbonyl (C=O) groups excluding carboxylic acids is 1. The van der Waals surface area contributed by atoms with E-state index in [-0.39, 0.29) is 11.5 Å². The topological polar surface area (TPSA) is 69.4 Å². The molecular weight excluding hydrogens is 330 g/mol. The molecule has 0 spiro atoms. The number of benzene rings is 2. The van der Waals surface area contributed by atoms with Crippen molar-refractivity contribution in [2.75, 3.05) is 0 Å². The third kappa shape index (κ3) is 2.81. The van der Waals surface area contributed by atoms with Crippen LogP contribution < -0.4 is 0 Å². The van der Waals surface area contributed by atoms with Crippen LogP contribution in [0.15, 0.2) is 72.0 Å². The molecule has 1 heterocycles. The Bertz CT molecular complexity index is 943. The highest BCUT2D eigenvalue weighted by Gasteiger charge is 2.36. The van der Waals surface area contributed by atoms with Crippen molar-refractivity contribution in [3.05, 3.63) is 93.2 Å². The van der Waals surface area contributed by atoms with Crippen LogP contribution in [0, 0.1) is 10.1 Å². The summed E-state index contributed by atoms with van der Waals surface area (Å²) in [4.78, 5) is 23.7. The van der Waals surface area contributed by atoms with Gasteiger partial charge in [0.2, 0.25) is 0 Å². The zero-order chi connectivity index (χ0) is 18.1. The van der Waals surface area contributed by atoms with Crippen LogP contribution in [0.4, 0.5) is 5.69 Å². The van der Waals surface area contributed by atoms with Gasteiger partial charge in [-0.05, 0) is 12.5 Å². The van der Waals surface area contributed by atoms with E-state index in [1.54, 1.807) is 18.2 Å². The molecular formula is C21H17NO4. The highest BCUT2D eigenvalue weighted by molar-refractivity contribution is 5.99. The first-order valence-corrected chi connectivity index (χ1v) is 8.60. The minimum atomic E-state index is -0.469. The molecule has 5 nitrogen and oxygen atoms in total. The van der Waals surface area contributed by atoms with Crippen LogP contribution in [0.3, 0.4) is 0 Å². The van der Waals surface area contributed by atoms with E-state index in [1.165, 1.54) is 6.07 Å². The predicted molar refractivity (Wildman–Crippen MR) is 97.2 cm³/mol. The highest BCUT2D eigenvalue weighted by Crippen LogP contribution is 2.44. The fraction of sp³-hybridized carbons (Fsp3) is 0.190. The lowest BCUT2D eigenvalue weighted by Crippen LogP contribution is -2.22. The maximum Gasteiger partial charge on any atom is 0.273 e. The highest BCUT2D eigenvalue weighted by atomic mass is 16.6. The number of ether oxygens (including phenoxy) is 1. The van der Waals surface area contributed by atoms with Gasteiger partial charge in [0, 0.05) is 41.5 Å². The Morgan fingerprint density at radius 2 is 1.73 bits per heavy atom. The number of nitro benzene ring substituents is 1. The van der Waals surface area contributed by atoms with E-state index in [1.807, 2.05) is 36.4 Å². The van der Waals surface area contributed by atoms with Crippen molar-refractivity contribution in [2.45, 2.75) is 25.2 Å². The van der Waals surface area contributed by atoms with Crippen LogP contribution in [0.1, 0.15) is 36.3 Å². The summed E-state index contributed by atoms with van der Waals surface area (Å²) in [6.07, 6.45) is 3.69. The van der Waals surface area contributed by atoms with Gasteiger partial charge in [0.1, 0.15) is 11.5 Å². The Morgan fingerprint density at radius 3 is 2.50 bits per heavy atom. The van der Waals surface area contributed by atoms with Crippen molar-refractivity contribution in [1.29, 1.82) is 0 Å². The zero-order valence-corrected chi connectivity index (χ0v) is 14.1. The molecule has 0 fully saturated rings. The molecule has 2 aromatic rings. The van der Waals surface area contributed by atoms with E-state index in [9.17, 15) is 14.9 Å². The van der Waals surface area contributed by atoms with Gasteiger partial charge in [0.25, 0.3) is 5.69 Å². The molecule has 5 heteroatoms. The summed E-state index contributed by atoms with van der Waals surface area (Å²) in [5.74, 6) is 0.828. The Kier molecular flexibility index (Phi) is 4.13. The number of ketones is 1. The quantitative estimate of drug-likeness (QED) is 0.593. The van der Waals surface area contributed by atoms with Crippen molar-refractivity contribution in [1.82, 2.24) is 0 Å². The average Bonchev–Trinajstić information content (AvgIpc) is 2.68. The van der Waals surface area contributed by atoms with E-state index in [0.717, 1.165) is 12.0 Å². The molecule has 26 heavy (non-hydrogen) atoms.